The number of aromatic nitrogens is 2. The fraction of sp³-hybridized carbons (Fsp3) is 0.300. The summed E-state index contributed by atoms with van der Waals surface area (Å²) in [4.78, 5) is 28.7. The van der Waals surface area contributed by atoms with Gasteiger partial charge in [0, 0.05) is 19.7 Å². The number of nitrogens with one attached hydrogen (secondary N) is 2. The van der Waals surface area contributed by atoms with Crippen LogP contribution in [0.3, 0.4) is 0 Å². The Bertz CT molecular complexity index is 454. The number of carbonyl (C=O) groups is 1. The minimum Gasteiger partial charge on any atom is -0.353 e. The first kappa shape index (κ1) is 12.5. The second-order valence-corrected chi connectivity index (χ2v) is 3.81. The molecule has 0 spiro atoms. The van der Waals surface area contributed by atoms with Crippen molar-refractivity contribution in [3.05, 3.63) is 28.2 Å². The van der Waals surface area contributed by atoms with Crippen molar-refractivity contribution in [2.45, 2.75) is 12.1 Å². The number of H-pyrrole nitrogens is 1. The van der Waals surface area contributed by atoms with Gasteiger partial charge in [-0.05, 0) is 6.26 Å². The Morgan fingerprint density at radius 3 is 3.00 bits per heavy atom. The van der Waals surface area contributed by atoms with Crippen molar-refractivity contribution < 1.29 is 4.79 Å². The standard InChI is InChI=1S/C10H13N3O2S/c1-7(14)11-5-3-4-8-6-12-10(16-2)13-9(8)15/h3-4,6H,5H2,1-2H3,(H,11,14)(H,12,13,15). The molecule has 0 saturated heterocycles. The van der Waals surface area contributed by atoms with E-state index < -0.39 is 0 Å². The topological polar surface area (TPSA) is 74.8 Å². The van der Waals surface area contributed by atoms with Gasteiger partial charge >= 0.3 is 0 Å². The Morgan fingerprint density at radius 1 is 1.69 bits per heavy atom. The van der Waals surface area contributed by atoms with Gasteiger partial charge in [-0.1, -0.05) is 23.9 Å². The zero-order valence-corrected chi connectivity index (χ0v) is 9.93. The molecule has 16 heavy (non-hydrogen) atoms. The number of hydrogen-bond donors (Lipinski definition) is 2. The molecule has 0 bridgehead atoms. The van der Waals surface area contributed by atoms with Gasteiger partial charge in [0.05, 0.1) is 5.56 Å². The first-order valence-electron chi connectivity index (χ1n) is 4.67. The number of nitrogens with zero attached hydrogens (tertiary/aromatic N) is 1. The van der Waals surface area contributed by atoms with Gasteiger partial charge in [0.2, 0.25) is 5.91 Å². The predicted octanol–water partition coefficient (Wildman–Crippen LogP) is 0.641. The summed E-state index contributed by atoms with van der Waals surface area (Å²) in [6.45, 7) is 1.84. The third kappa shape index (κ3) is 3.90. The highest BCUT2D eigenvalue weighted by Crippen LogP contribution is 2.04. The number of amides is 1. The van der Waals surface area contributed by atoms with E-state index in [9.17, 15) is 9.59 Å². The molecule has 1 aromatic heterocycles. The molecule has 0 unspecified atom stereocenters. The quantitative estimate of drug-likeness (QED) is 0.597. The largest absolute Gasteiger partial charge is 0.353 e. The monoisotopic (exact) mass is 239 g/mol. The highest BCUT2D eigenvalue weighted by atomic mass is 32.2. The zero-order valence-electron chi connectivity index (χ0n) is 9.11. The third-order valence-electron chi connectivity index (χ3n) is 1.76. The predicted molar refractivity (Wildman–Crippen MR) is 64.4 cm³/mol. The van der Waals surface area contributed by atoms with Gasteiger partial charge in [0.25, 0.3) is 5.56 Å². The van der Waals surface area contributed by atoms with Crippen LogP contribution in [-0.2, 0) is 4.79 Å². The first-order valence-corrected chi connectivity index (χ1v) is 5.90. The minimum absolute atomic E-state index is 0.102. The molecule has 0 aliphatic carbocycles. The molecule has 0 aromatic carbocycles. The van der Waals surface area contributed by atoms with Gasteiger partial charge in [0.15, 0.2) is 5.16 Å². The van der Waals surface area contributed by atoms with E-state index >= 15 is 0 Å². The number of carbonyl (C=O) groups excluding carboxylic acids is 1. The second-order valence-electron chi connectivity index (χ2n) is 3.02. The van der Waals surface area contributed by atoms with Crippen molar-refractivity contribution >= 4 is 23.7 Å². The van der Waals surface area contributed by atoms with Gasteiger partial charge in [-0.15, -0.1) is 0 Å². The van der Waals surface area contributed by atoms with E-state index in [0.29, 0.717) is 17.3 Å². The van der Waals surface area contributed by atoms with Crippen LogP contribution in [0.2, 0.25) is 0 Å². The molecule has 0 saturated carbocycles. The van der Waals surface area contributed by atoms with Crippen LogP contribution in [0.1, 0.15) is 12.5 Å². The summed E-state index contributed by atoms with van der Waals surface area (Å²) >= 11 is 1.38. The van der Waals surface area contributed by atoms with Crippen molar-refractivity contribution in [3.8, 4) is 0 Å². The molecule has 86 valence electrons. The summed E-state index contributed by atoms with van der Waals surface area (Å²) in [6.07, 6.45) is 6.68. The average Bonchev–Trinajstić information content (AvgIpc) is 2.25. The molecule has 5 nitrogen and oxygen atoms in total. The van der Waals surface area contributed by atoms with E-state index in [1.54, 1.807) is 12.2 Å². The summed E-state index contributed by atoms with van der Waals surface area (Å²) in [5, 5.41) is 3.18. The number of thioether (sulfide) groups is 1. The van der Waals surface area contributed by atoms with E-state index in [2.05, 4.69) is 15.3 Å². The average molecular weight is 239 g/mol. The zero-order chi connectivity index (χ0) is 12.0. The molecule has 0 aliphatic heterocycles. The summed E-state index contributed by atoms with van der Waals surface area (Å²) in [7, 11) is 0. The Labute approximate surface area is 97.4 Å². The van der Waals surface area contributed by atoms with Gasteiger partial charge in [-0.2, -0.15) is 0 Å². The molecular weight excluding hydrogens is 226 g/mol. The van der Waals surface area contributed by atoms with E-state index in [4.69, 9.17) is 0 Å². The highest BCUT2D eigenvalue weighted by Gasteiger charge is 1.97. The molecule has 1 aromatic rings. The Kier molecular flexibility index (Phi) is 4.78. The number of hydrogen-bond acceptors (Lipinski definition) is 4. The lowest BCUT2D eigenvalue weighted by Gasteiger charge is -1.97. The molecule has 0 fully saturated rings. The molecule has 1 amide bonds. The first-order chi connectivity index (χ1) is 7.63. The summed E-state index contributed by atoms with van der Waals surface area (Å²) in [5.41, 5.74) is 0.293. The molecule has 2 N–H and O–H groups in total. The minimum atomic E-state index is -0.182. The van der Waals surface area contributed by atoms with Crippen LogP contribution in [-0.4, -0.2) is 28.7 Å². The lowest BCUT2D eigenvalue weighted by molar-refractivity contribution is -0.118. The second kappa shape index (κ2) is 6.12. The lowest BCUT2D eigenvalue weighted by Crippen LogP contribution is -2.19. The van der Waals surface area contributed by atoms with Crippen LogP contribution in [0.5, 0.6) is 0 Å². The molecule has 0 radical (unpaired) electrons. The van der Waals surface area contributed by atoms with E-state index in [0.717, 1.165) is 0 Å². The van der Waals surface area contributed by atoms with Crippen molar-refractivity contribution in [2.24, 2.45) is 0 Å². The number of rotatable bonds is 4. The van der Waals surface area contributed by atoms with E-state index in [1.807, 2.05) is 6.26 Å². The van der Waals surface area contributed by atoms with Crippen LogP contribution >= 0.6 is 11.8 Å². The van der Waals surface area contributed by atoms with E-state index in [-0.39, 0.29) is 11.5 Å². The molecule has 1 rings (SSSR count). The van der Waals surface area contributed by atoms with E-state index in [1.165, 1.54) is 24.9 Å². The van der Waals surface area contributed by atoms with Crippen LogP contribution in [0, 0.1) is 0 Å². The fourth-order valence-electron chi connectivity index (χ4n) is 0.999. The van der Waals surface area contributed by atoms with Gasteiger partial charge in [0.1, 0.15) is 0 Å². The Morgan fingerprint density at radius 2 is 2.44 bits per heavy atom. The van der Waals surface area contributed by atoms with Crippen molar-refractivity contribution in [1.82, 2.24) is 15.3 Å². The summed E-state index contributed by atoms with van der Waals surface area (Å²) in [6, 6.07) is 0. The molecule has 1 heterocycles. The maximum absolute atomic E-state index is 11.5. The molecule has 0 aliphatic rings. The van der Waals surface area contributed by atoms with Crippen LogP contribution in [0.4, 0.5) is 0 Å². The third-order valence-corrected chi connectivity index (χ3v) is 2.36. The van der Waals surface area contributed by atoms with Gasteiger partial charge < -0.3 is 10.3 Å². The maximum Gasteiger partial charge on any atom is 0.258 e. The summed E-state index contributed by atoms with van der Waals surface area (Å²) < 4.78 is 0. The normalized spacial score (nSPS) is 10.6. The Hall–Kier alpha value is -1.56. The summed E-state index contributed by atoms with van der Waals surface area (Å²) in [5.74, 6) is -0.102. The van der Waals surface area contributed by atoms with Crippen LogP contribution < -0.4 is 10.9 Å². The van der Waals surface area contributed by atoms with Crippen LogP contribution in [0.15, 0.2) is 22.2 Å². The van der Waals surface area contributed by atoms with Gasteiger partial charge in [-0.3, -0.25) is 9.59 Å². The smallest absolute Gasteiger partial charge is 0.258 e. The maximum atomic E-state index is 11.5. The molecule has 6 heteroatoms. The van der Waals surface area contributed by atoms with Crippen LogP contribution in [0.25, 0.3) is 6.08 Å². The van der Waals surface area contributed by atoms with Crippen molar-refractivity contribution in [3.63, 3.8) is 0 Å². The molecule has 0 atom stereocenters. The fourth-order valence-corrected chi connectivity index (χ4v) is 1.35. The van der Waals surface area contributed by atoms with Crippen molar-refractivity contribution in [1.29, 1.82) is 0 Å². The Balaban J connectivity index is 2.67. The van der Waals surface area contributed by atoms with Gasteiger partial charge in [-0.25, -0.2) is 4.98 Å². The highest BCUT2D eigenvalue weighted by molar-refractivity contribution is 7.98. The van der Waals surface area contributed by atoms with Crippen molar-refractivity contribution in [2.75, 3.05) is 12.8 Å². The number of aromatic amines is 1. The molecular formula is C10H13N3O2S. The lowest BCUT2D eigenvalue weighted by atomic mass is 10.3. The SMILES string of the molecule is CSc1ncc(C=CCNC(C)=O)c(=O)[nH]1.